The quantitative estimate of drug-likeness (QED) is 0.673. The monoisotopic (exact) mass is 415 g/mol. The molecule has 3 aromatic rings. The molecule has 1 atom stereocenters. The summed E-state index contributed by atoms with van der Waals surface area (Å²) in [6, 6.07) is 16.4. The summed E-state index contributed by atoms with van der Waals surface area (Å²) in [6.45, 7) is 0. The third-order valence-electron chi connectivity index (χ3n) is 4.16. The average Bonchev–Trinajstić information content (AvgIpc) is 3.16. The molecule has 2 amide bonds. The van der Waals surface area contributed by atoms with Crippen molar-refractivity contribution in [1.82, 2.24) is 4.57 Å². The smallest absolute Gasteiger partial charge is 0.295 e. The largest absolute Gasteiger partial charge is 0.302 e. The van der Waals surface area contributed by atoms with Gasteiger partial charge in [0.25, 0.3) is 11.1 Å². The third-order valence-corrected chi connectivity index (χ3v) is 6.48. The fourth-order valence-corrected chi connectivity index (χ4v) is 5.04. The molecule has 1 fully saturated rings. The minimum absolute atomic E-state index is 0.227. The van der Waals surface area contributed by atoms with Gasteiger partial charge >= 0.3 is 0 Å². The molecule has 2 heterocycles. The number of imide groups is 1. The predicted molar refractivity (Wildman–Crippen MR) is 108 cm³/mol. The molecule has 8 heteroatoms. The maximum atomic E-state index is 12.9. The highest BCUT2D eigenvalue weighted by atomic mass is 35.5. The van der Waals surface area contributed by atoms with E-state index in [1.807, 2.05) is 30.3 Å². The van der Waals surface area contributed by atoms with E-state index in [9.17, 15) is 9.59 Å². The zero-order valence-corrected chi connectivity index (χ0v) is 16.4. The number of nitrogens with one attached hydrogen (secondary N) is 1. The van der Waals surface area contributed by atoms with E-state index in [2.05, 4.69) is 0 Å². The number of amides is 2. The molecule has 1 aliphatic rings. The highest BCUT2D eigenvalue weighted by Gasteiger charge is 2.42. The molecule has 0 bridgehead atoms. The Morgan fingerprint density at radius 1 is 1.04 bits per heavy atom. The lowest BCUT2D eigenvalue weighted by Crippen LogP contribution is -2.32. The number of halogens is 1. The van der Waals surface area contributed by atoms with Crippen LogP contribution >= 0.6 is 34.7 Å². The fourth-order valence-electron chi connectivity index (χ4n) is 2.89. The van der Waals surface area contributed by atoms with Gasteiger partial charge in [-0.1, -0.05) is 48.0 Å². The van der Waals surface area contributed by atoms with E-state index in [1.54, 1.807) is 35.0 Å². The van der Waals surface area contributed by atoms with Crippen molar-refractivity contribution < 1.29 is 9.59 Å². The van der Waals surface area contributed by atoms with Crippen molar-refractivity contribution in [2.24, 2.45) is 0 Å². The molecule has 27 heavy (non-hydrogen) atoms. The summed E-state index contributed by atoms with van der Waals surface area (Å²) in [6.07, 6.45) is 2.35. The molecule has 136 valence electrons. The topological polar surface area (TPSA) is 66.2 Å². The normalized spacial score (nSPS) is 16.9. The second-order valence-corrected chi connectivity index (χ2v) is 8.48. The maximum absolute atomic E-state index is 12.9. The Kier molecular flexibility index (Phi) is 4.90. The first-order valence-electron chi connectivity index (χ1n) is 8.13. The molecule has 1 aliphatic heterocycles. The van der Waals surface area contributed by atoms with Crippen LogP contribution in [0, 0.1) is 5.41 Å². The number of carbonyl (C=O) groups excluding carboxylic acids is 2. The van der Waals surface area contributed by atoms with E-state index in [-0.39, 0.29) is 15.9 Å². The number of benzene rings is 2. The first-order chi connectivity index (χ1) is 13.0. The summed E-state index contributed by atoms with van der Waals surface area (Å²) in [5, 5.41) is 7.83. The van der Waals surface area contributed by atoms with Gasteiger partial charge in [-0.05, 0) is 35.5 Å². The Labute approximate surface area is 168 Å². The lowest BCUT2D eigenvalue weighted by molar-refractivity contribution is -0.118. The molecule has 1 aromatic heterocycles. The van der Waals surface area contributed by atoms with E-state index in [0.717, 1.165) is 22.2 Å². The van der Waals surface area contributed by atoms with Crippen LogP contribution in [-0.2, 0) is 11.2 Å². The minimum Gasteiger partial charge on any atom is -0.302 e. The first kappa shape index (κ1) is 18.0. The molecule has 1 saturated heterocycles. The van der Waals surface area contributed by atoms with Gasteiger partial charge < -0.3 is 4.57 Å². The van der Waals surface area contributed by atoms with E-state index in [4.69, 9.17) is 17.0 Å². The standard InChI is InChI=1S/C19H14ClN3O2S2/c20-15-9-5-4-6-12(15)10-14-11-22(18(21)26-14)17-16(24)23(19(25)27-17)13-7-2-1-3-8-13/h1-9,11,17,21H,10H2. The molecular formula is C19H14ClN3O2S2. The molecule has 0 saturated carbocycles. The number of hydrogen-bond donors (Lipinski definition) is 1. The molecule has 2 aromatic carbocycles. The number of nitrogens with zero attached hydrogens (tertiary/aromatic N) is 2. The molecular weight excluding hydrogens is 402 g/mol. The van der Waals surface area contributed by atoms with Crippen molar-refractivity contribution in [3.05, 3.63) is 81.1 Å². The van der Waals surface area contributed by atoms with Gasteiger partial charge in [0.2, 0.25) is 0 Å². The van der Waals surface area contributed by atoms with Crippen LogP contribution in [0.1, 0.15) is 15.8 Å². The molecule has 4 rings (SSSR count). The van der Waals surface area contributed by atoms with E-state index < -0.39 is 5.37 Å². The highest BCUT2D eigenvalue weighted by molar-refractivity contribution is 8.15. The van der Waals surface area contributed by atoms with Crippen molar-refractivity contribution in [2.75, 3.05) is 4.90 Å². The number of carbonyl (C=O) groups is 2. The number of aromatic nitrogens is 1. The van der Waals surface area contributed by atoms with Crippen LogP contribution in [0.25, 0.3) is 0 Å². The van der Waals surface area contributed by atoms with Crippen molar-refractivity contribution in [3.63, 3.8) is 0 Å². The number of thiazole rings is 1. The Bertz CT molecular complexity index is 1080. The summed E-state index contributed by atoms with van der Waals surface area (Å²) in [7, 11) is 0. The van der Waals surface area contributed by atoms with Crippen LogP contribution in [0.3, 0.4) is 0 Å². The van der Waals surface area contributed by atoms with Gasteiger partial charge in [-0.25, -0.2) is 4.90 Å². The van der Waals surface area contributed by atoms with Crippen LogP contribution in [0.2, 0.25) is 5.02 Å². The van der Waals surface area contributed by atoms with Crippen molar-refractivity contribution in [1.29, 1.82) is 5.41 Å². The summed E-state index contributed by atoms with van der Waals surface area (Å²) >= 11 is 8.43. The average molecular weight is 416 g/mol. The number of para-hydroxylation sites is 1. The summed E-state index contributed by atoms with van der Waals surface area (Å²) < 4.78 is 1.56. The zero-order chi connectivity index (χ0) is 19.0. The van der Waals surface area contributed by atoms with E-state index in [1.165, 1.54) is 16.2 Å². The molecule has 0 aliphatic carbocycles. The van der Waals surface area contributed by atoms with Gasteiger partial charge in [0.1, 0.15) is 0 Å². The summed E-state index contributed by atoms with van der Waals surface area (Å²) in [5.41, 5.74) is 1.50. The Morgan fingerprint density at radius 3 is 2.48 bits per heavy atom. The summed E-state index contributed by atoms with van der Waals surface area (Å²) in [4.78, 5) is 27.6. The van der Waals surface area contributed by atoms with E-state index in [0.29, 0.717) is 17.1 Å². The molecule has 5 nitrogen and oxygen atoms in total. The number of hydrogen-bond acceptors (Lipinski definition) is 5. The van der Waals surface area contributed by atoms with Gasteiger partial charge in [0.15, 0.2) is 10.2 Å². The van der Waals surface area contributed by atoms with E-state index >= 15 is 0 Å². The third kappa shape index (κ3) is 3.45. The minimum atomic E-state index is -0.763. The van der Waals surface area contributed by atoms with Crippen LogP contribution in [-0.4, -0.2) is 15.7 Å². The highest BCUT2D eigenvalue weighted by Crippen LogP contribution is 2.38. The van der Waals surface area contributed by atoms with Crippen LogP contribution < -0.4 is 9.70 Å². The lowest BCUT2D eigenvalue weighted by atomic mass is 10.1. The van der Waals surface area contributed by atoms with Crippen molar-refractivity contribution in [2.45, 2.75) is 11.8 Å². The molecule has 0 spiro atoms. The maximum Gasteiger partial charge on any atom is 0.295 e. The zero-order valence-electron chi connectivity index (χ0n) is 14.0. The van der Waals surface area contributed by atoms with Crippen molar-refractivity contribution >= 4 is 51.5 Å². The second kappa shape index (κ2) is 7.34. The molecule has 1 N–H and O–H groups in total. The predicted octanol–water partition coefficient (Wildman–Crippen LogP) is 4.67. The molecule has 1 unspecified atom stereocenters. The van der Waals surface area contributed by atoms with Gasteiger partial charge in [0, 0.05) is 22.5 Å². The van der Waals surface area contributed by atoms with Crippen LogP contribution in [0.5, 0.6) is 0 Å². The van der Waals surface area contributed by atoms with Gasteiger partial charge in [-0.15, -0.1) is 11.3 Å². The Morgan fingerprint density at radius 2 is 1.74 bits per heavy atom. The van der Waals surface area contributed by atoms with Gasteiger partial charge in [-0.2, -0.15) is 0 Å². The van der Waals surface area contributed by atoms with Gasteiger partial charge in [0.05, 0.1) is 5.69 Å². The fraction of sp³-hybridized carbons (Fsp3) is 0.105. The van der Waals surface area contributed by atoms with Gasteiger partial charge in [-0.3, -0.25) is 15.0 Å². The SMILES string of the molecule is N=c1sc(Cc2ccccc2Cl)cn1C1SC(=O)N(c2ccccc2)C1=O. The molecule has 0 radical (unpaired) electrons. The first-order valence-corrected chi connectivity index (χ1v) is 10.2. The number of anilines is 1. The summed E-state index contributed by atoms with van der Waals surface area (Å²) in [5.74, 6) is -0.336. The van der Waals surface area contributed by atoms with Crippen LogP contribution in [0.15, 0.2) is 60.8 Å². The Hall–Kier alpha value is -2.35. The lowest BCUT2D eigenvalue weighted by Gasteiger charge is -2.13. The van der Waals surface area contributed by atoms with Crippen molar-refractivity contribution in [3.8, 4) is 0 Å². The number of thioether (sulfide) groups is 1. The number of rotatable bonds is 4. The second-order valence-electron chi connectivity index (χ2n) is 5.92. The van der Waals surface area contributed by atoms with Crippen LogP contribution in [0.4, 0.5) is 10.5 Å². The Balaban J connectivity index is 1.62.